The van der Waals surface area contributed by atoms with Gasteiger partial charge in [0.15, 0.2) is 0 Å². The van der Waals surface area contributed by atoms with Gasteiger partial charge in [0.2, 0.25) is 0 Å². The van der Waals surface area contributed by atoms with Gasteiger partial charge in [-0.25, -0.2) is 0 Å². The second-order valence-electron chi connectivity index (χ2n) is 3.26. The van der Waals surface area contributed by atoms with Gasteiger partial charge in [-0.05, 0) is 23.6 Å². The van der Waals surface area contributed by atoms with E-state index in [0.717, 1.165) is 11.3 Å². The van der Waals surface area contributed by atoms with Crippen LogP contribution in [0.2, 0.25) is 0 Å². The number of hydrogen-bond donors (Lipinski definition) is 0. The van der Waals surface area contributed by atoms with Crippen LogP contribution in [0.4, 0.5) is 0 Å². The molecule has 15 heavy (non-hydrogen) atoms. The van der Waals surface area contributed by atoms with Crippen LogP contribution < -0.4 is 0 Å². The van der Waals surface area contributed by atoms with Gasteiger partial charge in [0.05, 0.1) is 5.69 Å². The Labute approximate surface area is 93.6 Å². The van der Waals surface area contributed by atoms with Crippen LogP contribution in [0.3, 0.4) is 0 Å². The molecule has 0 unspecified atom stereocenters. The topological polar surface area (TPSA) is 12.9 Å². The lowest BCUT2D eigenvalue weighted by Crippen LogP contribution is -1.96. The first kappa shape index (κ1) is 13.6. The summed E-state index contributed by atoms with van der Waals surface area (Å²) in [6.45, 7) is 15.8. The Bertz CT molecular complexity index is 324. The van der Waals surface area contributed by atoms with Crippen LogP contribution >= 0.6 is 0 Å². The van der Waals surface area contributed by atoms with Crippen molar-refractivity contribution in [1.82, 2.24) is 4.98 Å². The Morgan fingerprint density at radius 2 is 1.80 bits per heavy atom. The Kier molecular flexibility index (Phi) is 6.35. The highest BCUT2D eigenvalue weighted by Gasteiger charge is 2.06. The second kappa shape index (κ2) is 6.99. The van der Waals surface area contributed by atoms with E-state index < -0.39 is 0 Å². The summed E-state index contributed by atoms with van der Waals surface area (Å²) in [5, 5.41) is 0. The Morgan fingerprint density at radius 1 is 1.20 bits per heavy atom. The third-order valence-corrected chi connectivity index (χ3v) is 2.07. The van der Waals surface area contributed by atoms with E-state index >= 15 is 0 Å². The zero-order valence-electron chi connectivity index (χ0n) is 10.2. The number of rotatable bonds is 3. The molecule has 1 aromatic rings. The molecule has 0 aliphatic heterocycles. The van der Waals surface area contributed by atoms with Gasteiger partial charge in [-0.3, -0.25) is 4.98 Å². The van der Waals surface area contributed by atoms with Crippen LogP contribution in [0.15, 0.2) is 25.4 Å². The van der Waals surface area contributed by atoms with Crippen LogP contribution in [0.5, 0.6) is 0 Å². The van der Waals surface area contributed by atoms with Gasteiger partial charge in [0.25, 0.3) is 0 Å². The fraction of sp³-hybridized carbons (Fsp3) is 0.357. The highest BCUT2D eigenvalue weighted by atomic mass is 14.7. The van der Waals surface area contributed by atoms with Crippen molar-refractivity contribution in [2.45, 2.75) is 33.6 Å². The fourth-order valence-corrected chi connectivity index (χ4v) is 1.39. The summed E-state index contributed by atoms with van der Waals surface area (Å²) in [7, 11) is 0. The molecule has 1 rings (SSSR count). The van der Waals surface area contributed by atoms with Gasteiger partial charge in [-0.1, -0.05) is 46.9 Å². The van der Waals surface area contributed by atoms with E-state index in [1.807, 2.05) is 32.2 Å². The van der Waals surface area contributed by atoms with E-state index in [9.17, 15) is 0 Å². The van der Waals surface area contributed by atoms with Gasteiger partial charge in [0, 0.05) is 11.8 Å². The van der Waals surface area contributed by atoms with Gasteiger partial charge >= 0.3 is 0 Å². The molecule has 0 fully saturated rings. The van der Waals surface area contributed by atoms with Gasteiger partial charge in [-0.15, -0.1) is 0 Å². The lowest BCUT2D eigenvalue weighted by atomic mass is 9.97. The van der Waals surface area contributed by atoms with E-state index in [4.69, 9.17) is 0 Å². The summed E-state index contributed by atoms with van der Waals surface area (Å²) in [5.74, 6) is 0.495. The molecule has 0 spiro atoms. The van der Waals surface area contributed by atoms with Crippen LogP contribution in [0.25, 0.3) is 12.2 Å². The molecule has 0 aromatic carbocycles. The van der Waals surface area contributed by atoms with Crippen LogP contribution in [-0.2, 0) is 0 Å². The molecular formula is C14H21N. The lowest BCUT2D eigenvalue weighted by Gasteiger charge is -2.11. The molecule has 1 nitrogen and oxygen atoms in total. The zero-order valence-corrected chi connectivity index (χ0v) is 10.2. The largest absolute Gasteiger partial charge is 0.256 e. The standard InChI is InChI=1S/C12H15N.C2H6/c1-5-10-11(9(3)4)7-8-13-12(10)6-2;1-2/h5-9H,1-2H2,3-4H3;1-2H3. The molecule has 0 N–H and O–H groups in total. The summed E-state index contributed by atoms with van der Waals surface area (Å²) in [6, 6.07) is 2.04. The van der Waals surface area contributed by atoms with Crippen LogP contribution in [-0.4, -0.2) is 4.98 Å². The molecular weight excluding hydrogens is 182 g/mol. The molecule has 1 aromatic heterocycles. The van der Waals surface area contributed by atoms with Crippen molar-refractivity contribution in [3.63, 3.8) is 0 Å². The van der Waals surface area contributed by atoms with Crippen molar-refractivity contribution in [2.75, 3.05) is 0 Å². The summed E-state index contributed by atoms with van der Waals surface area (Å²) in [5.41, 5.74) is 3.30. The van der Waals surface area contributed by atoms with Crippen molar-refractivity contribution in [3.8, 4) is 0 Å². The molecule has 82 valence electrons. The Hall–Kier alpha value is -1.37. The van der Waals surface area contributed by atoms with Gasteiger partial charge in [0.1, 0.15) is 0 Å². The fourth-order valence-electron chi connectivity index (χ4n) is 1.39. The number of pyridine rings is 1. The van der Waals surface area contributed by atoms with Crippen molar-refractivity contribution in [1.29, 1.82) is 0 Å². The number of aromatic nitrogens is 1. The first-order chi connectivity index (χ1) is 7.20. The molecule has 0 saturated carbocycles. The number of hydrogen-bond acceptors (Lipinski definition) is 1. The predicted molar refractivity (Wildman–Crippen MR) is 69.9 cm³/mol. The minimum atomic E-state index is 0.495. The van der Waals surface area contributed by atoms with Gasteiger partial charge < -0.3 is 0 Å². The monoisotopic (exact) mass is 203 g/mol. The maximum absolute atomic E-state index is 4.22. The van der Waals surface area contributed by atoms with Crippen molar-refractivity contribution in [3.05, 3.63) is 42.2 Å². The highest BCUT2D eigenvalue weighted by molar-refractivity contribution is 5.63. The molecule has 0 radical (unpaired) electrons. The molecule has 0 atom stereocenters. The Balaban J connectivity index is 0.000000921. The van der Waals surface area contributed by atoms with Crippen LogP contribution in [0.1, 0.15) is 50.4 Å². The van der Waals surface area contributed by atoms with E-state index in [2.05, 4.69) is 32.0 Å². The molecule has 0 amide bonds. The summed E-state index contributed by atoms with van der Waals surface area (Å²) in [4.78, 5) is 4.22. The predicted octanol–water partition coefficient (Wildman–Crippen LogP) is 4.52. The second-order valence-corrected chi connectivity index (χ2v) is 3.26. The van der Waals surface area contributed by atoms with Gasteiger partial charge in [-0.2, -0.15) is 0 Å². The Morgan fingerprint density at radius 3 is 2.20 bits per heavy atom. The molecule has 1 heteroatoms. The van der Waals surface area contributed by atoms with Crippen molar-refractivity contribution in [2.24, 2.45) is 0 Å². The van der Waals surface area contributed by atoms with Crippen molar-refractivity contribution < 1.29 is 0 Å². The zero-order chi connectivity index (χ0) is 11.8. The molecule has 0 aliphatic carbocycles. The summed E-state index contributed by atoms with van der Waals surface area (Å²) >= 11 is 0. The van der Waals surface area contributed by atoms with E-state index in [0.29, 0.717) is 5.92 Å². The molecule has 0 bridgehead atoms. The first-order valence-corrected chi connectivity index (χ1v) is 5.44. The number of nitrogens with zero attached hydrogens (tertiary/aromatic N) is 1. The summed E-state index contributed by atoms with van der Waals surface area (Å²) < 4.78 is 0. The maximum atomic E-state index is 4.22. The van der Waals surface area contributed by atoms with E-state index in [-0.39, 0.29) is 0 Å². The minimum Gasteiger partial charge on any atom is -0.256 e. The average Bonchev–Trinajstić information content (AvgIpc) is 2.30. The molecule has 0 saturated heterocycles. The third-order valence-electron chi connectivity index (χ3n) is 2.07. The molecule has 0 aliphatic rings. The highest BCUT2D eigenvalue weighted by Crippen LogP contribution is 2.22. The van der Waals surface area contributed by atoms with Crippen LogP contribution in [0, 0.1) is 0 Å². The SMILES string of the molecule is C=Cc1nccc(C(C)C)c1C=C.CC. The van der Waals surface area contributed by atoms with E-state index in [1.165, 1.54) is 5.56 Å². The van der Waals surface area contributed by atoms with E-state index in [1.54, 1.807) is 6.08 Å². The quantitative estimate of drug-likeness (QED) is 0.704. The lowest BCUT2D eigenvalue weighted by molar-refractivity contribution is 0.859. The normalized spacial score (nSPS) is 9.13. The first-order valence-electron chi connectivity index (χ1n) is 5.44. The molecule has 1 heterocycles. The maximum Gasteiger partial charge on any atom is 0.0698 e. The average molecular weight is 203 g/mol. The van der Waals surface area contributed by atoms with Crippen molar-refractivity contribution >= 4 is 12.2 Å². The third kappa shape index (κ3) is 3.35. The minimum absolute atomic E-state index is 0.495. The smallest absolute Gasteiger partial charge is 0.0698 e. The summed E-state index contributed by atoms with van der Waals surface area (Å²) in [6.07, 6.45) is 5.43.